The van der Waals surface area contributed by atoms with Crippen LogP contribution in [0.4, 0.5) is 8.78 Å². The number of halogens is 2. The van der Waals surface area contributed by atoms with Crippen molar-refractivity contribution in [2.45, 2.75) is 18.9 Å². The van der Waals surface area contributed by atoms with Crippen molar-refractivity contribution in [3.8, 4) is 0 Å². The maximum absolute atomic E-state index is 11.6. The summed E-state index contributed by atoms with van der Waals surface area (Å²) in [5.74, 6) is 0. The number of nitrogens with two attached hydrogens (primary N) is 1. The molecule has 0 radical (unpaired) electrons. The summed E-state index contributed by atoms with van der Waals surface area (Å²) in [5.41, 5.74) is 5.14. The van der Waals surface area contributed by atoms with E-state index < -0.39 is 6.43 Å². The topological polar surface area (TPSA) is 38.0 Å². The average molecular weight is 138 g/mol. The number of hydrogen-bond donors (Lipinski definition) is 2. The summed E-state index contributed by atoms with van der Waals surface area (Å²) in [6, 6.07) is -0.245. The number of alkyl halides is 2. The second-order valence-electron chi connectivity index (χ2n) is 1.85. The normalized spacial score (nSPS) is 14.3. The van der Waals surface area contributed by atoms with E-state index in [1.54, 1.807) is 7.05 Å². The van der Waals surface area contributed by atoms with Gasteiger partial charge < -0.3 is 11.1 Å². The van der Waals surface area contributed by atoms with Crippen molar-refractivity contribution in [1.29, 1.82) is 0 Å². The summed E-state index contributed by atoms with van der Waals surface area (Å²) in [6.45, 7) is 0.265. The van der Waals surface area contributed by atoms with Crippen LogP contribution >= 0.6 is 0 Å². The SMILES string of the molecule is CNC(CN)CC(F)F. The fourth-order valence-electron chi connectivity index (χ4n) is 0.547. The standard InChI is InChI=1S/C5H12F2N2/c1-9-4(3-8)2-5(6)7/h4-5,9H,2-3,8H2,1H3. The minimum atomic E-state index is -2.26. The number of likely N-dealkylation sites (N-methyl/N-ethyl adjacent to an activating group) is 1. The van der Waals surface area contributed by atoms with Crippen LogP contribution in [0.1, 0.15) is 6.42 Å². The summed E-state index contributed by atoms with van der Waals surface area (Å²) in [6.07, 6.45) is -2.42. The largest absolute Gasteiger partial charge is 0.329 e. The molecule has 0 aliphatic heterocycles. The van der Waals surface area contributed by atoms with Gasteiger partial charge in [0.25, 0.3) is 0 Å². The molecule has 0 bridgehead atoms. The first-order chi connectivity index (χ1) is 4.20. The van der Waals surface area contributed by atoms with Gasteiger partial charge in [0.2, 0.25) is 6.43 Å². The summed E-state index contributed by atoms with van der Waals surface area (Å²) in [5, 5.41) is 2.68. The van der Waals surface area contributed by atoms with Crippen LogP contribution in [0.5, 0.6) is 0 Å². The van der Waals surface area contributed by atoms with Crippen molar-refractivity contribution in [1.82, 2.24) is 5.32 Å². The van der Waals surface area contributed by atoms with Crippen LogP contribution in [0.3, 0.4) is 0 Å². The highest BCUT2D eigenvalue weighted by molar-refractivity contribution is 4.65. The van der Waals surface area contributed by atoms with Crippen LogP contribution in [0.15, 0.2) is 0 Å². The van der Waals surface area contributed by atoms with Crippen LogP contribution in [0.2, 0.25) is 0 Å². The van der Waals surface area contributed by atoms with E-state index in [9.17, 15) is 8.78 Å². The lowest BCUT2D eigenvalue weighted by Gasteiger charge is -2.11. The quantitative estimate of drug-likeness (QED) is 0.582. The highest BCUT2D eigenvalue weighted by Crippen LogP contribution is 2.01. The Morgan fingerprint density at radius 3 is 2.22 bits per heavy atom. The van der Waals surface area contributed by atoms with Crippen molar-refractivity contribution in [3.63, 3.8) is 0 Å². The molecular weight excluding hydrogens is 126 g/mol. The Balaban J connectivity index is 3.31. The first-order valence-corrected chi connectivity index (χ1v) is 2.86. The molecule has 0 aromatic carbocycles. The van der Waals surface area contributed by atoms with Crippen LogP contribution in [0, 0.1) is 0 Å². The molecular formula is C5H12F2N2. The molecule has 0 aromatic heterocycles. The zero-order valence-corrected chi connectivity index (χ0v) is 5.40. The van der Waals surface area contributed by atoms with Gasteiger partial charge in [-0.25, -0.2) is 8.78 Å². The Bertz CT molecular complexity index is 64.0. The molecule has 0 saturated heterocycles. The molecule has 56 valence electrons. The third-order valence-electron chi connectivity index (χ3n) is 1.16. The molecule has 1 atom stereocenters. The predicted octanol–water partition coefficient (Wildman–Crippen LogP) is 0.188. The van der Waals surface area contributed by atoms with Gasteiger partial charge in [0.15, 0.2) is 0 Å². The van der Waals surface area contributed by atoms with Crippen molar-refractivity contribution in [2.24, 2.45) is 5.73 Å². The van der Waals surface area contributed by atoms with Crippen molar-refractivity contribution < 1.29 is 8.78 Å². The van der Waals surface area contributed by atoms with E-state index in [4.69, 9.17) is 5.73 Å². The number of rotatable bonds is 4. The molecule has 0 aliphatic rings. The van der Waals surface area contributed by atoms with E-state index in [1.807, 2.05) is 0 Å². The van der Waals surface area contributed by atoms with E-state index in [0.29, 0.717) is 0 Å². The second kappa shape index (κ2) is 4.64. The fourth-order valence-corrected chi connectivity index (χ4v) is 0.547. The molecule has 3 N–H and O–H groups in total. The minimum absolute atomic E-state index is 0.160. The lowest BCUT2D eigenvalue weighted by Crippen LogP contribution is -2.34. The smallest absolute Gasteiger partial charge is 0.240 e. The first-order valence-electron chi connectivity index (χ1n) is 2.86. The number of nitrogens with one attached hydrogen (secondary N) is 1. The molecule has 0 rings (SSSR count). The third kappa shape index (κ3) is 4.29. The Labute approximate surface area is 53.4 Å². The number of hydrogen-bond acceptors (Lipinski definition) is 2. The zero-order valence-electron chi connectivity index (χ0n) is 5.40. The fraction of sp³-hybridized carbons (Fsp3) is 1.00. The summed E-state index contributed by atoms with van der Waals surface area (Å²) >= 11 is 0. The van der Waals surface area contributed by atoms with Gasteiger partial charge in [-0.15, -0.1) is 0 Å². The maximum atomic E-state index is 11.6. The summed E-state index contributed by atoms with van der Waals surface area (Å²) < 4.78 is 23.1. The first kappa shape index (κ1) is 8.78. The van der Waals surface area contributed by atoms with Crippen molar-refractivity contribution >= 4 is 0 Å². The van der Waals surface area contributed by atoms with Gasteiger partial charge in [0, 0.05) is 19.0 Å². The van der Waals surface area contributed by atoms with Gasteiger partial charge in [-0.05, 0) is 7.05 Å². The Morgan fingerprint density at radius 1 is 1.56 bits per heavy atom. The second-order valence-corrected chi connectivity index (χ2v) is 1.85. The molecule has 0 saturated carbocycles. The Kier molecular flexibility index (Phi) is 4.53. The molecule has 4 heteroatoms. The van der Waals surface area contributed by atoms with Gasteiger partial charge in [-0.2, -0.15) is 0 Å². The van der Waals surface area contributed by atoms with Crippen LogP contribution in [0.25, 0.3) is 0 Å². The Morgan fingerprint density at radius 2 is 2.11 bits per heavy atom. The predicted molar refractivity (Wildman–Crippen MR) is 32.5 cm³/mol. The zero-order chi connectivity index (χ0) is 7.28. The summed E-state index contributed by atoms with van der Waals surface area (Å²) in [7, 11) is 1.62. The highest BCUT2D eigenvalue weighted by atomic mass is 19.3. The van der Waals surface area contributed by atoms with E-state index in [0.717, 1.165) is 0 Å². The van der Waals surface area contributed by atoms with Crippen LogP contribution < -0.4 is 11.1 Å². The van der Waals surface area contributed by atoms with E-state index in [-0.39, 0.29) is 19.0 Å². The maximum Gasteiger partial charge on any atom is 0.240 e. The van der Waals surface area contributed by atoms with Crippen LogP contribution in [-0.4, -0.2) is 26.1 Å². The van der Waals surface area contributed by atoms with Gasteiger partial charge in [0.05, 0.1) is 0 Å². The molecule has 0 spiro atoms. The van der Waals surface area contributed by atoms with Gasteiger partial charge >= 0.3 is 0 Å². The van der Waals surface area contributed by atoms with E-state index in [1.165, 1.54) is 0 Å². The molecule has 2 nitrogen and oxygen atoms in total. The van der Waals surface area contributed by atoms with Crippen LogP contribution in [-0.2, 0) is 0 Å². The molecule has 0 heterocycles. The highest BCUT2D eigenvalue weighted by Gasteiger charge is 2.10. The molecule has 9 heavy (non-hydrogen) atoms. The molecule has 0 amide bonds. The monoisotopic (exact) mass is 138 g/mol. The summed E-state index contributed by atoms with van der Waals surface area (Å²) in [4.78, 5) is 0. The molecule has 0 aliphatic carbocycles. The molecule has 1 unspecified atom stereocenters. The molecule has 0 aromatic rings. The lowest BCUT2D eigenvalue weighted by atomic mass is 10.2. The third-order valence-corrected chi connectivity index (χ3v) is 1.16. The van der Waals surface area contributed by atoms with Crippen molar-refractivity contribution in [3.05, 3.63) is 0 Å². The van der Waals surface area contributed by atoms with Crippen molar-refractivity contribution in [2.75, 3.05) is 13.6 Å². The van der Waals surface area contributed by atoms with E-state index in [2.05, 4.69) is 5.32 Å². The van der Waals surface area contributed by atoms with E-state index >= 15 is 0 Å². The Hall–Kier alpha value is -0.220. The minimum Gasteiger partial charge on any atom is -0.329 e. The average Bonchev–Trinajstić information content (AvgIpc) is 1.82. The van der Waals surface area contributed by atoms with Gasteiger partial charge in [-0.3, -0.25) is 0 Å². The van der Waals surface area contributed by atoms with Gasteiger partial charge in [-0.1, -0.05) is 0 Å². The molecule has 0 fully saturated rings. The van der Waals surface area contributed by atoms with Gasteiger partial charge in [0.1, 0.15) is 0 Å². The lowest BCUT2D eigenvalue weighted by molar-refractivity contribution is 0.124.